The van der Waals surface area contributed by atoms with Gasteiger partial charge in [-0.05, 0) is 13.8 Å². The third kappa shape index (κ3) is 4.69. The van der Waals surface area contributed by atoms with Gasteiger partial charge in [-0.3, -0.25) is 11.3 Å². The first-order valence-corrected chi connectivity index (χ1v) is 6.10. The molecule has 0 aliphatic carbocycles. The van der Waals surface area contributed by atoms with Crippen LogP contribution in [0.1, 0.15) is 25.7 Å². The molecule has 0 amide bonds. The van der Waals surface area contributed by atoms with Crippen LogP contribution in [0.4, 0.5) is 0 Å². The normalized spacial score (nSPS) is 13.2. The molecule has 1 heterocycles. The predicted octanol–water partition coefficient (Wildman–Crippen LogP) is -0.104. The fourth-order valence-corrected chi connectivity index (χ4v) is 1.61. The number of ether oxygens (including phenoxy) is 2. The van der Waals surface area contributed by atoms with Crippen molar-refractivity contribution in [3.8, 4) is 0 Å². The molecule has 7 heteroatoms. The minimum atomic E-state index is 0.0172. The number of nitrogens with one attached hydrogen (secondary N) is 1. The van der Waals surface area contributed by atoms with Crippen molar-refractivity contribution in [1.82, 2.24) is 20.2 Å². The molecule has 0 radical (unpaired) electrons. The Morgan fingerprint density at radius 2 is 2.22 bits per heavy atom. The number of nitrogens with zero attached hydrogens (tertiary/aromatic N) is 3. The molecule has 0 saturated carbocycles. The molecule has 1 aromatic heterocycles. The highest BCUT2D eigenvalue weighted by Gasteiger charge is 2.14. The van der Waals surface area contributed by atoms with Crippen molar-refractivity contribution in [3.63, 3.8) is 0 Å². The average molecular weight is 257 g/mol. The second kappa shape index (κ2) is 8.15. The van der Waals surface area contributed by atoms with Gasteiger partial charge in [0.1, 0.15) is 12.2 Å². The lowest BCUT2D eigenvalue weighted by atomic mass is 10.2. The van der Waals surface area contributed by atoms with Gasteiger partial charge in [0.25, 0.3) is 0 Å². The van der Waals surface area contributed by atoms with E-state index in [0.29, 0.717) is 26.2 Å². The molecule has 1 atom stereocenters. The lowest BCUT2D eigenvalue weighted by Crippen LogP contribution is -2.41. The van der Waals surface area contributed by atoms with Gasteiger partial charge in [0, 0.05) is 19.6 Å². The van der Waals surface area contributed by atoms with Crippen molar-refractivity contribution < 1.29 is 9.47 Å². The highest BCUT2D eigenvalue weighted by molar-refractivity contribution is 4.90. The van der Waals surface area contributed by atoms with Gasteiger partial charge >= 0.3 is 0 Å². The molecule has 1 unspecified atom stereocenters. The fraction of sp³-hybridized carbons (Fsp3) is 0.818. The molecule has 0 saturated heterocycles. The lowest BCUT2D eigenvalue weighted by Gasteiger charge is -2.17. The summed E-state index contributed by atoms with van der Waals surface area (Å²) in [4.78, 5) is 4.25. The standard InChI is InChI=1S/C11H23N5O2/c1-9(2)16-11(13-8-14-16)6-10(15-12)7-18-5-4-17-3/h8-10,15H,4-7,12H2,1-3H3. The second-order valence-corrected chi connectivity index (χ2v) is 4.35. The quantitative estimate of drug-likeness (QED) is 0.365. The number of aromatic nitrogens is 3. The molecule has 1 rings (SSSR count). The summed E-state index contributed by atoms with van der Waals surface area (Å²) in [5.41, 5.74) is 2.74. The van der Waals surface area contributed by atoms with Gasteiger partial charge in [-0.1, -0.05) is 0 Å². The van der Waals surface area contributed by atoms with E-state index < -0.39 is 0 Å². The van der Waals surface area contributed by atoms with Crippen LogP contribution in [0.3, 0.4) is 0 Å². The molecular weight excluding hydrogens is 234 g/mol. The van der Waals surface area contributed by atoms with Crippen LogP contribution in [0.2, 0.25) is 0 Å². The molecule has 1 aromatic rings. The van der Waals surface area contributed by atoms with Gasteiger partial charge < -0.3 is 9.47 Å². The Hall–Kier alpha value is -1.02. The zero-order chi connectivity index (χ0) is 13.4. The monoisotopic (exact) mass is 257 g/mol. The van der Waals surface area contributed by atoms with E-state index >= 15 is 0 Å². The van der Waals surface area contributed by atoms with E-state index in [0.717, 1.165) is 5.82 Å². The minimum absolute atomic E-state index is 0.0172. The maximum absolute atomic E-state index is 5.51. The van der Waals surface area contributed by atoms with Crippen molar-refractivity contribution in [2.75, 3.05) is 26.9 Å². The van der Waals surface area contributed by atoms with Gasteiger partial charge in [-0.25, -0.2) is 9.67 Å². The van der Waals surface area contributed by atoms with Crippen molar-refractivity contribution in [1.29, 1.82) is 0 Å². The van der Waals surface area contributed by atoms with E-state index in [1.54, 1.807) is 13.4 Å². The van der Waals surface area contributed by atoms with Gasteiger partial charge in [0.15, 0.2) is 0 Å². The summed E-state index contributed by atoms with van der Waals surface area (Å²) in [6.45, 7) is 5.80. The summed E-state index contributed by atoms with van der Waals surface area (Å²) in [5.74, 6) is 6.42. The van der Waals surface area contributed by atoms with Crippen molar-refractivity contribution in [2.24, 2.45) is 5.84 Å². The van der Waals surface area contributed by atoms with Crippen LogP contribution in [0.5, 0.6) is 0 Å². The third-order valence-electron chi connectivity index (χ3n) is 2.55. The number of hydrazine groups is 1. The summed E-state index contributed by atoms with van der Waals surface area (Å²) in [6, 6.07) is 0.305. The minimum Gasteiger partial charge on any atom is -0.382 e. The van der Waals surface area contributed by atoms with Crippen LogP contribution < -0.4 is 11.3 Å². The Kier molecular flexibility index (Phi) is 6.81. The van der Waals surface area contributed by atoms with E-state index in [4.69, 9.17) is 15.3 Å². The Morgan fingerprint density at radius 1 is 1.44 bits per heavy atom. The van der Waals surface area contributed by atoms with Gasteiger partial charge in [-0.15, -0.1) is 0 Å². The second-order valence-electron chi connectivity index (χ2n) is 4.35. The maximum Gasteiger partial charge on any atom is 0.138 e. The lowest BCUT2D eigenvalue weighted by molar-refractivity contribution is 0.0583. The number of methoxy groups -OCH3 is 1. The molecule has 0 fully saturated rings. The topological polar surface area (TPSA) is 87.2 Å². The predicted molar refractivity (Wildman–Crippen MR) is 67.9 cm³/mol. The Balaban J connectivity index is 2.44. The summed E-state index contributed by atoms with van der Waals surface area (Å²) >= 11 is 0. The smallest absolute Gasteiger partial charge is 0.138 e. The Labute approximate surface area is 108 Å². The first-order valence-electron chi connectivity index (χ1n) is 6.10. The van der Waals surface area contributed by atoms with Gasteiger partial charge in [0.2, 0.25) is 0 Å². The van der Waals surface area contributed by atoms with Crippen LogP contribution in [0, 0.1) is 0 Å². The third-order valence-corrected chi connectivity index (χ3v) is 2.55. The first kappa shape index (κ1) is 15.0. The molecule has 18 heavy (non-hydrogen) atoms. The number of hydrogen-bond acceptors (Lipinski definition) is 6. The zero-order valence-corrected chi connectivity index (χ0v) is 11.3. The fourth-order valence-electron chi connectivity index (χ4n) is 1.61. The van der Waals surface area contributed by atoms with Crippen LogP contribution in [0.25, 0.3) is 0 Å². The van der Waals surface area contributed by atoms with Gasteiger partial charge in [0.05, 0.1) is 25.9 Å². The molecule has 0 bridgehead atoms. The molecule has 7 nitrogen and oxygen atoms in total. The van der Waals surface area contributed by atoms with Crippen LogP contribution >= 0.6 is 0 Å². The van der Waals surface area contributed by atoms with E-state index in [-0.39, 0.29) is 12.1 Å². The molecular formula is C11H23N5O2. The molecule has 0 spiro atoms. The Morgan fingerprint density at radius 3 is 2.83 bits per heavy atom. The summed E-state index contributed by atoms with van der Waals surface area (Å²) in [5, 5.41) is 4.19. The highest BCUT2D eigenvalue weighted by Crippen LogP contribution is 2.07. The maximum atomic E-state index is 5.51. The number of rotatable bonds is 9. The largest absolute Gasteiger partial charge is 0.382 e. The molecule has 0 aromatic carbocycles. The summed E-state index contributed by atoms with van der Waals surface area (Å²) < 4.78 is 12.3. The first-order chi connectivity index (χ1) is 8.69. The van der Waals surface area contributed by atoms with Gasteiger partial charge in [-0.2, -0.15) is 5.10 Å². The molecule has 104 valence electrons. The Bertz CT molecular complexity index is 329. The SMILES string of the molecule is COCCOCC(Cc1ncnn1C(C)C)NN. The highest BCUT2D eigenvalue weighted by atomic mass is 16.5. The molecule has 0 aliphatic heterocycles. The molecule has 3 N–H and O–H groups in total. The van der Waals surface area contributed by atoms with Crippen molar-refractivity contribution >= 4 is 0 Å². The van der Waals surface area contributed by atoms with Crippen molar-refractivity contribution in [2.45, 2.75) is 32.4 Å². The van der Waals surface area contributed by atoms with Crippen LogP contribution in [-0.2, 0) is 15.9 Å². The van der Waals surface area contributed by atoms with E-state index in [1.807, 2.05) is 4.68 Å². The van der Waals surface area contributed by atoms with E-state index in [2.05, 4.69) is 29.4 Å². The van der Waals surface area contributed by atoms with Crippen LogP contribution in [-0.4, -0.2) is 47.7 Å². The average Bonchev–Trinajstić information content (AvgIpc) is 2.81. The number of nitrogens with two attached hydrogens (primary N) is 1. The summed E-state index contributed by atoms with van der Waals surface area (Å²) in [7, 11) is 1.65. The van der Waals surface area contributed by atoms with Crippen LogP contribution in [0.15, 0.2) is 6.33 Å². The number of hydrogen-bond donors (Lipinski definition) is 2. The zero-order valence-electron chi connectivity index (χ0n) is 11.3. The van der Waals surface area contributed by atoms with E-state index in [1.165, 1.54) is 0 Å². The summed E-state index contributed by atoms with van der Waals surface area (Å²) in [6.07, 6.45) is 2.25. The molecule has 0 aliphatic rings. The van der Waals surface area contributed by atoms with E-state index in [9.17, 15) is 0 Å². The van der Waals surface area contributed by atoms with Crippen molar-refractivity contribution in [3.05, 3.63) is 12.2 Å².